The number of carbonyl (C=O) groups is 1. The second-order valence-corrected chi connectivity index (χ2v) is 6.92. The first-order chi connectivity index (χ1) is 15.5. The van der Waals surface area contributed by atoms with Gasteiger partial charge in [-0.3, -0.25) is 29.1 Å². The summed E-state index contributed by atoms with van der Waals surface area (Å²) >= 11 is 0. The highest BCUT2D eigenvalue weighted by atomic mass is 16.6. The van der Waals surface area contributed by atoms with Crippen LogP contribution in [-0.4, -0.2) is 32.2 Å². The number of nitrogens with zero attached hydrogens (tertiary/aromatic N) is 5. The lowest BCUT2D eigenvalue weighted by Crippen LogP contribution is -2.26. The molecule has 0 saturated heterocycles. The fourth-order valence-electron chi connectivity index (χ4n) is 3.20. The van der Waals surface area contributed by atoms with Crippen molar-refractivity contribution < 1.29 is 9.72 Å². The SMILES string of the molecule is CN(C(=O)c1ccncc1)c1ccc(CNc2nc3ccccn3c(=O)c2[N+](=O)[O-])cc1. The van der Waals surface area contributed by atoms with E-state index in [1.807, 2.05) is 0 Å². The topological polar surface area (TPSA) is 123 Å². The zero-order valence-corrected chi connectivity index (χ0v) is 17.0. The van der Waals surface area contributed by atoms with Gasteiger partial charge in [0.2, 0.25) is 5.82 Å². The minimum atomic E-state index is -0.755. The van der Waals surface area contributed by atoms with E-state index in [0.29, 0.717) is 16.9 Å². The molecule has 1 amide bonds. The third-order valence-electron chi connectivity index (χ3n) is 4.91. The van der Waals surface area contributed by atoms with Crippen LogP contribution in [0.15, 0.2) is 78.0 Å². The Morgan fingerprint density at radius 3 is 2.53 bits per heavy atom. The smallest absolute Gasteiger partial charge is 0.360 e. The molecule has 0 aliphatic heterocycles. The molecule has 1 aromatic carbocycles. The van der Waals surface area contributed by atoms with Gasteiger partial charge in [0.25, 0.3) is 5.91 Å². The highest BCUT2D eigenvalue weighted by Crippen LogP contribution is 2.20. The molecule has 4 rings (SSSR count). The maximum Gasteiger partial charge on any atom is 0.376 e. The van der Waals surface area contributed by atoms with E-state index >= 15 is 0 Å². The van der Waals surface area contributed by atoms with E-state index in [0.717, 1.165) is 9.96 Å². The first-order valence-corrected chi connectivity index (χ1v) is 9.62. The third-order valence-corrected chi connectivity index (χ3v) is 4.91. The maximum atomic E-state index is 12.6. The van der Waals surface area contributed by atoms with Crippen molar-refractivity contribution in [3.63, 3.8) is 0 Å². The summed E-state index contributed by atoms with van der Waals surface area (Å²) in [5, 5.41) is 14.4. The van der Waals surface area contributed by atoms with Crippen molar-refractivity contribution in [1.82, 2.24) is 14.4 Å². The molecule has 0 spiro atoms. The Morgan fingerprint density at radius 1 is 1.12 bits per heavy atom. The molecule has 32 heavy (non-hydrogen) atoms. The Kier molecular flexibility index (Phi) is 5.58. The van der Waals surface area contributed by atoms with Gasteiger partial charge < -0.3 is 10.2 Å². The number of hydrogen-bond acceptors (Lipinski definition) is 7. The van der Waals surface area contributed by atoms with E-state index in [1.54, 1.807) is 74.0 Å². The number of nitrogens with one attached hydrogen (secondary N) is 1. The summed E-state index contributed by atoms with van der Waals surface area (Å²) in [5.74, 6) is -0.269. The highest BCUT2D eigenvalue weighted by molar-refractivity contribution is 6.05. The van der Waals surface area contributed by atoms with E-state index in [4.69, 9.17) is 0 Å². The minimum Gasteiger partial charge on any atom is -0.360 e. The molecule has 3 aromatic heterocycles. The van der Waals surface area contributed by atoms with Crippen LogP contribution in [0.3, 0.4) is 0 Å². The van der Waals surface area contributed by atoms with Crippen LogP contribution < -0.4 is 15.8 Å². The molecule has 0 aliphatic carbocycles. The van der Waals surface area contributed by atoms with Crippen molar-refractivity contribution in [2.75, 3.05) is 17.3 Å². The Labute approximate surface area is 181 Å². The van der Waals surface area contributed by atoms with E-state index in [9.17, 15) is 19.7 Å². The van der Waals surface area contributed by atoms with Crippen molar-refractivity contribution in [3.05, 3.63) is 105 Å². The first-order valence-electron chi connectivity index (χ1n) is 9.62. The van der Waals surface area contributed by atoms with Crippen LogP contribution in [0.25, 0.3) is 5.65 Å². The molecule has 10 heteroatoms. The number of benzene rings is 1. The van der Waals surface area contributed by atoms with Gasteiger partial charge in [0.05, 0.1) is 4.92 Å². The molecule has 4 aromatic rings. The molecule has 160 valence electrons. The monoisotopic (exact) mass is 430 g/mol. The quantitative estimate of drug-likeness (QED) is 0.368. The number of amides is 1. The largest absolute Gasteiger partial charge is 0.376 e. The van der Waals surface area contributed by atoms with Crippen molar-refractivity contribution >= 4 is 28.7 Å². The Balaban J connectivity index is 1.53. The lowest BCUT2D eigenvalue weighted by molar-refractivity contribution is -0.385. The highest BCUT2D eigenvalue weighted by Gasteiger charge is 2.23. The summed E-state index contributed by atoms with van der Waals surface area (Å²) in [7, 11) is 1.67. The van der Waals surface area contributed by atoms with Gasteiger partial charge in [0.15, 0.2) is 0 Å². The molecular weight excluding hydrogens is 412 g/mol. The summed E-state index contributed by atoms with van der Waals surface area (Å²) in [6.45, 7) is 0.207. The van der Waals surface area contributed by atoms with Crippen LogP contribution in [0.5, 0.6) is 0 Å². The lowest BCUT2D eigenvalue weighted by atomic mass is 10.1. The summed E-state index contributed by atoms with van der Waals surface area (Å²) < 4.78 is 1.13. The van der Waals surface area contributed by atoms with Crippen molar-refractivity contribution in [2.45, 2.75) is 6.54 Å². The van der Waals surface area contributed by atoms with Gasteiger partial charge >= 0.3 is 11.2 Å². The van der Waals surface area contributed by atoms with Crippen LogP contribution in [0.4, 0.5) is 17.2 Å². The second kappa shape index (κ2) is 8.64. The van der Waals surface area contributed by atoms with Crippen LogP contribution in [0.2, 0.25) is 0 Å². The van der Waals surface area contributed by atoms with E-state index in [1.165, 1.54) is 11.1 Å². The molecule has 0 fully saturated rings. The summed E-state index contributed by atoms with van der Waals surface area (Å²) in [4.78, 5) is 45.5. The van der Waals surface area contributed by atoms with Crippen LogP contribution in [0, 0.1) is 10.1 Å². The molecule has 10 nitrogen and oxygen atoms in total. The average molecular weight is 430 g/mol. The fraction of sp³-hybridized carbons (Fsp3) is 0.0909. The van der Waals surface area contributed by atoms with E-state index in [-0.39, 0.29) is 18.3 Å². The number of rotatable bonds is 6. The van der Waals surface area contributed by atoms with Gasteiger partial charge in [-0.05, 0) is 42.0 Å². The van der Waals surface area contributed by atoms with Crippen molar-refractivity contribution in [2.24, 2.45) is 0 Å². The molecule has 0 bridgehead atoms. The Hall–Kier alpha value is -4.60. The van der Waals surface area contributed by atoms with Gasteiger partial charge in [-0.1, -0.05) is 18.2 Å². The van der Waals surface area contributed by atoms with Gasteiger partial charge in [-0.15, -0.1) is 0 Å². The van der Waals surface area contributed by atoms with Crippen LogP contribution in [0.1, 0.15) is 15.9 Å². The average Bonchev–Trinajstić information content (AvgIpc) is 2.82. The summed E-state index contributed by atoms with van der Waals surface area (Å²) in [6, 6.07) is 15.3. The zero-order valence-electron chi connectivity index (χ0n) is 17.0. The lowest BCUT2D eigenvalue weighted by Gasteiger charge is -2.18. The molecule has 0 unspecified atom stereocenters. The molecule has 0 aliphatic rings. The standard InChI is InChI=1S/C22H18N6O4/c1-26(21(29)16-9-11-23-12-10-16)17-7-5-15(6-8-17)14-24-20-19(28(31)32)22(30)27-13-3-2-4-18(27)25-20/h2-13,24H,14H2,1H3. The number of aromatic nitrogens is 3. The van der Waals surface area contributed by atoms with Crippen molar-refractivity contribution in [1.29, 1.82) is 0 Å². The first kappa shape index (κ1) is 20.7. The Morgan fingerprint density at radius 2 is 1.84 bits per heavy atom. The van der Waals surface area contributed by atoms with Crippen LogP contribution >= 0.6 is 0 Å². The van der Waals surface area contributed by atoms with E-state index in [2.05, 4.69) is 15.3 Å². The van der Waals surface area contributed by atoms with Crippen molar-refractivity contribution in [3.8, 4) is 0 Å². The number of anilines is 2. The zero-order chi connectivity index (χ0) is 22.7. The predicted octanol–water partition coefficient (Wildman–Crippen LogP) is 2.89. The van der Waals surface area contributed by atoms with Gasteiger partial charge in [-0.25, -0.2) is 4.98 Å². The summed E-state index contributed by atoms with van der Waals surface area (Å²) in [5.41, 5.74) is 0.931. The van der Waals surface area contributed by atoms with Gasteiger partial charge in [0, 0.05) is 43.4 Å². The number of carbonyl (C=O) groups excluding carboxylic acids is 1. The Bertz CT molecular complexity index is 1350. The molecule has 1 N–H and O–H groups in total. The number of fused-ring (bicyclic) bond motifs is 1. The number of hydrogen-bond donors (Lipinski definition) is 1. The van der Waals surface area contributed by atoms with E-state index < -0.39 is 16.2 Å². The van der Waals surface area contributed by atoms with Gasteiger partial charge in [0.1, 0.15) is 5.65 Å². The minimum absolute atomic E-state index is 0.0970. The molecule has 3 heterocycles. The van der Waals surface area contributed by atoms with Crippen LogP contribution in [-0.2, 0) is 6.54 Å². The normalized spacial score (nSPS) is 10.7. The number of pyridine rings is 2. The molecule has 0 atom stereocenters. The molecular formula is C22H18N6O4. The second-order valence-electron chi connectivity index (χ2n) is 6.92. The number of nitro groups is 1. The van der Waals surface area contributed by atoms with Gasteiger partial charge in [-0.2, -0.15) is 0 Å². The predicted molar refractivity (Wildman–Crippen MR) is 119 cm³/mol. The third kappa shape index (κ3) is 4.01. The fourth-order valence-corrected chi connectivity index (χ4v) is 3.20. The molecule has 0 radical (unpaired) electrons. The molecule has 0 saturated carbocycles. The maximum absolute atomic E-state index is 12.6. The summed E-state index contributed by atoms with van der Waals surface area (Å²) in [6.07, 6.45) is 4.55.